The lowest BCUT2D eigenvalue weighted by atomic mass is 9.90. The SMILES string of the molecule is O=C(O)CN1CCCC(c2[nH]ncc2-c2ccccc2)C1. The van der Waals surface area contributed by atoms with E-state index in [4.69, 9.17) is 5.11 Å². The van der Waals surface area contributed by atoms with Crippen LogP contribution in [0.4, 0.5) is 0 Å². The Balaban J connectivity index is 1.81. The van der Waals surface area contributed by atoms with Crippen LogP contribution in [-0.2, 0) is 4.79 Å². The molecule has 1 atom stereocenters. The minimum Gasteiger partial charge on any atom is -0.480 e. The van der Waals surface area contributed by atoms with Crippen molar-refractivity contribution in [2.45, 2.75) is 18.8 Å². The number of benzene rings is 1. The molecule has 1 aromatic heterocycles. The summed E-state index contributed by atoms with van der Waals surface area (Å²) in [5.74, 6) is -0.445. The maximum atomic E-state index is 10.9. The second-order valence-electron chi connectivity index (χ2n) is 5.53. The molecule has 21 heavy (non-hydrogen) atoms. The lowest BCUT2D eigenvalue weighted by Crippen LogP contribution is -2.38. The Labute approximate surface area is 123 Å². The van der Waals surface area contributed by atoms with Crippen LogP contribution in [0.5, 0.6) is 0 Å². The van der Waals surface area contributed by atoms with Crippen LogP contribution in [0.2, 0.25) is 0 Å². The van der Waals surface area contributed by atoms with Gasteiger partial charge in [-0.1, -0.05) is 30.3 Å². The highest BCUT2D eigenvalue weighted by atomic mass is 16.4. The van der Waals surface area contributed by atoms with Crippen molar-refractivity contribution in [3.05, 3.63) is 42.2 Å². The summed E-state index contributed by atoms with van der Waals surface area (Å²) in [6, 6.07) is 10.2. The van der Waals surface area contributed by atoms with Gasteiger partial charge >= 0.3 is 5.97 Å². The van der Waals surface area contributed by atoms with Gasteiger partial charge in [-0.05, 0) is 24.9 Å². The van der Waals surface area contributed by atoms with Crippen molar-refractivity contribution in [1.29, 1.82) is 0 Å². The van der Waals surface area contributed by atoms with Gasteiger partial charge in [0.25, 0.3) is 0 Å². The number of carbonyl (C=O) groups is 1. The average Bonchev–Trinajstić information content (AvgIpc) is 2.97. The molecule has 5 heteroatoms. The number of aromatic nitrogens is 2. The predicted molar refractivity (Wildman–Crippen MR) is 80.1 cm³/mol. The molecule has 110 valence electrons. The van der Waals surface area contributed by atoms with Gasteiger partial charge in [0, 0.05) is 23.7 Å². The first-order chi connectivity index (χ1) is 10.2. The first-order valence-corrected chi connectivity index (χ1v) is 7.27. The van der Waals surface area contributed by atoms with E-state index in [2.05, 4.69) is 22.3 Å². The van der Waals surface area contributed by atoms with Gasteiger partial charge in [-0.3, -0.25) is 14.8 Å². The quantitative estimate of drug-likeness (QED) is 0.904. The summed E-state index contributed by atoms with van der Waals surface area (Å²) in [5.41, 5.74) is 3.39. The van der Waals surface area contributed by atoms with E-state index >= 15 is 0 Å². The molecule has 5 nitrogen and oxygen atoms in total. The van der Waals surface area contributed by atoms with Crippen molar-refractivity contribution in [1.82, 2.24) is 15.1 Å². The van der Waals surface area contributed by atoms with Gasteiger partial charge < -0.3 is 5.11 Å². The zero-order chi connectivity index (χ0) is 14.7. The molecule has 0 aliphatic carbocycles. The summed E-state index contributed by atoms with van der Waals surface area (Å²) in [6.07, 6.45) is 3.95. The second kappa shape index (κ2) is 6.10. The maximum Gasteiger partial charge on any atom is 0.317 e. The number of carboxylic acids is 1. The number of aromatic amines is 1. The topological polar surface area (TPSA) is 69.2 Å². The van der Waals surface area contributed by atoms with Gasteiger partial charge in [0.2, 0.25) is 0 Å². The number of carboxylic acid groups (broad SMARTS) is 1. The molecule has 2 aromatic rings. The highest BCUT2D eigenvalue weighted by molar-refractivity contribution is 5.69. The van der Waals surface area contributed by atoms with Crippen LogP contribution >= 0.6 is 0 Å². The Morgan fingerprint density at radius 3 is 2.95 bits per heavy atom. The van der Waals surface area contributed by atoms with E-state index in [0.717, 1.165) is 42.8 Å². The summed E-state index contributed by atoms with van der Waals surface area (Å²) in [4.78, 5) is 12.9. The van der Waals surface area contributed by atoms with Crippen LogP contribution in [0.1, 0.15) is 24.5 Å². The number of nitrogens with one attached hydrogen (secondary N) is 1. The van der Waals surface area contributed by atoms with Gasteiger partial charge in [-0.2, -0.15) is 5.10 Å². The number of nitrogens with zero attached hydrogens (tertiary/aromatic N) is 2. The lowest BCUT2D eigenvalue weighted by molar-refractivity contribution is -0.138. The number of rotatable bonds is 4. The van der Waals surface area contributed by atoms with Crippen molar-refractivity contribution in [3.8, 4) is 11.1 Å². The molecular formula is C16H19N3O2. The fraction of sp³-hybridized carbons (Fsp3) is 0.375. The van der Waals surface area contributed by atoms with Gasteiger partial charge in [0.15, 0.2) is 0 Å². The van der Waals surface area contributed by atoms with Gasteiger partial charge in [0.05, 0.1) is 12.7 Å². The molecule has 1 fully saturated rings. The number of hydrogen-bond acceptors (Lipinski definition) is 3. The molecule has 2 heterocycles. The smallest absolute Gasteiger partial charge is 0.317 e. The number of piperidine rings is 1. The molecule has 0 saturated carbocycles. The molecule has 1 saturated heterocycles. The third kappa shape index (κ3) is 3.13. The standard InChI is InChI=1S/C16H19N3O2/c20-15(21)11-19-8-4-7-13(10-19)16-14(9-17-18-16)12-5-2-1-3-6-12/h1-3,5-6,9,13H,4,7-8,10-11H2,(H,17,18)(H,20,21). The van der Waals surface area contributed by atoms with Gasteiger partial charge in [-0.15, -0.1) is 0 Å². The number of H-pyrrole nitrogens is 1. The Morgan fingerprint density at radius 1 is 1.38 bits per heavy atom. The Kier molecular flexibility index (Phi) is 4.01. The van der Waals surface area contributed by atoms with E-state index in [-0.39, 0.29) is 6.54 Å². The molecule has 0 bridgehead atoms. The molecular weight excluding hydrogens is 266 g/mol. The van der Waals surface area contributed by atoms with E-state index in [0.29, 0.717) is 5.92 Å². The van der Waals surface area contributed by atoms with Crippen molar-refractivity contribution in [2.75, 3.05) is 19.6 Å². The van der Waals surface area contributed by atoms with Gasteiger partial charge in [-0.25, -0.2) is 0 Å². The monoisotopic (exact) mass is 285 g/mol. The molecule has 0 amide bonds. The zero-order valence-corrected chi connectivity index (χ0v) is 11.8. The van der Waals surface area contributed by atoms with Crippen LogP contribution < -0.4 is 0 Å². The normalized spacial score (nSPS) is 19.5. The summed E-state index contributed by atoms with van der Waals surface area (Å²) >= 11 is 0. The van der Waals surface area contributed by atoms with E-state index in [1.807, 2.05) is 29.3 Å². The summed E-state index contributed by atoms with van der Waals surface area (Å²) < 4.78 is 0. The number of hydrogen-bond donors (Lipinski definition) is 2. The van der Waals surface area contributed by atoms with Crippen LogP contribution in [0.25, 0.3) is 11.1 Å². The number of aliphatic carboxylic acids is 1. The summed E-state index contributed by atoms with van der Waals surface area (Å²) in [6.45, 7) is 1.75. The fourth-order valence-electron chi connectivity index (χ4n) is 3.08. The molecule has 1 aliphatic rings. The van der Waals surface area contributed by atoms with E-state index < -0.39 is 5.97 Å². The summed E-state index contributed by atoms with van der Waals surface area (Å²) in [7, 11) is 0. The predicted octanol–water partition coefficient (Wildman–Crippen LogP) is 2.34. The van der Waals surface area contributed by atoms with Crippen molar-refractivity contribution >= 4 is 5.97 Å². The van der Waals surface area contributed by atoms with E-state index in [9.17, 15) is 4.79 Å². The van der Waals surface area contributed by atoms with Crippen molar-refractivity contribution in [2.24, 2.45) is 0 Å². The zero-order valence-electron chi connectivity index (χ0n) is 11.8. The van der Waals surface area contributed by atoms with E-state index in [1.54, 1.807) is 0 Å². The van der Waals surface area contributed by atoms with E-state index in [1.165, 1.54) is 0 Å². The Hall–Kier alpha value is -2.14. The number of likely N-dealkylation sites (tertiary alicyclic amines) is 1. The second-order valence-corrected chi connectivity index (χ2v) is 5.53. The Bertz CT molecular complexity index is 609. The lowest BCUT2D eigenvalue weighted by Gasteiger charge is -2.31. The first kappa shape index (κ1) is 13.8. The third-order valence-corrected chi connectivity index (χ3v) is 4.03. The molecule has 3 rings (SSSR count). The van der Waals surface area contributed by atoms with Crippen LogP contribution in [0.15, 0.2) is 36.5 Å². The molecule has 1 aliphatic heterocycles. The highest BCUT2D eigenvalue weighted by Gasteiger charge is 2.25. The Morgan fingerprint density at radius 2 is 2.19 bits per heavy atom. The van der Waals surface area contributed by atoms with Crippen LogP contribution in [0, 0.1) is 0 Å². The van der Waals surface area contributed by atoms with Crippen molar-refractivity contribution in [3.63, 3.8) is 0 Å². The molecule has 1 aromatic carbocycles. The minimum absolute atomic E-state index is 0.116. The first-order valence-electron chi connectivity index (χ1n) is 7.27. The fourth-order valence-corrected chi connectivity index (χ4v) is 3.08. The molecule has 1 unspecified atom stereocenters. The van der Waals surface area contributed by atoms with Crippen LogP contribution in [0.3, 0.4) is 0 Å². The third-order valence-electron chi connectivity index (χ3n) is 4.03. The van der Waals surface area contributed by atoms with Crippen molar-refractivity contribution < 1.29 is 9.90 Å². The van der Waals surface area contributed by atoms with Gasteiger partial charge in [0.1, 0.15) is 0 Å². The summed E-state index contributed by atoms with van der Waals surface area (Å²) in [5, 5.41) is 16.3. The molecule has 0 radical (unpaired) electrons. The average molecular weight is 285 g/mol. The minimum atomic E-state index is -0.761. The maximum absolute atomic E-state index is 10.9. The largest absolute Gasteiger partial charge is 0.480 e. The molecule has 2 N–H and O–H groups in total. The van der Waals surface area contributed by atoms with Crippen LogP contribution in [-0.4, -0.2) is 45.8 Å². The molecule has 0 spiro atoms. The highest BCUT2D eigenvalue weighted by Crippen LogP contribution is 2.32.